The molecule has 5 nitrogen and oxygen atoms in total. The number of carbonyl (C=O) groups excluding carboxylic acids is 1. The zero-order chi connectivity index (χ0) is 20.5. The Morgan fingerprint density at radius 3 is 2.46 bits per heavy atom. The van der Waals surface area contributed by atoms with Crippen molar-refractivity contribution in [2.75, 3.05) is 13.2 Å². The van der Waals surface area contributed by atoms with Crippen LogP contribution in [0, 0.1) is 0 Å². The largest absolute Gasteiger partial charge is 0.463 e. The average Bonchev–Trinajstić information content (AvgIpc) is 3.45. The van der Waals surface area contributed by atoms with Gasteiger partial charge in [-0.05, 0) is 38.5 Å². The Morgan fingerprint density at radius 1 is 1.04 bits per heavy atom. The van der Waals surface area contributed by atoms with Gasteiger partial charge in [0.15, 0.2) is 0 Å². The second-order valence-electron chi connectivity index (χ2n) is 7.24. The third-order valence-electron chi connectivity index (χ3n) is 4.59. The standard InChI is InChI=1S/C23H38O5/c1-2-3-12-15-21-22(28-21)16-13-10-8-6-4-5-7-9-11-14-17-23(26)27-19-20(25)18-24/h4,6-7,9-10,13,20-22,24-25H,2-3,5,8,11-12,14-19H2,1H3/b6-4-,9-7-,13-10-/t20-,21?,22?/m0/s1. The molecule has 0 aliphatic carbocycles. The van der Waals surface area contributed by atoms with E-state index >= 15 is 0 Å². The summed E-state index contributed by atoms with van der Waals surface area (Å²) < 4.78 is 10.5. The van der Waals surface area contributed by atoms with Crippen LogP contribution in [0.2, 0.25) is 0 Å². The summed E-state index contributed by atoms with van der Waals surface area (Å²) >= 11 is 0. The van der Waals surface area contributed by atoms with E-state index < -0.39 is 12.7 Å². The van der Waals surface area contributed by atoms with Crippen LogP contribution in [0.1, 0.15) is 71.1 Å². The zero-order valence-electron chi connectivity index (χ0n) is 17.3. The Labute approximate surface area is 170 Å². The topological polar surface area (TPSA) is 79.3 Å². The molecular formula is C23H38O5. The number of epoxide rings is 1. The Bertz CT molecular complexity index is 483. The third kappa shape index (κ3) is 13.7. The van der Waals surface area contributed by atoms with Gasteiger partial charge in [-0.15, -0.1) is 0 Å². The Balaban J connectivity index is 1.90. The first-order valence-electron chi connectivity index (χ1n) is 10.7. The molecule has 0 amide bonds. The first-order valence-corrected chi connectivity index (χ1v) is 10.7. The molecule has 1 aliphatic rings. The summed E-state index contributed by atoms with van der Waals surface area (Å²) in [4.78, 5) is 11.4. The molecule has 1 saturated heterocycles. The van der Waals surface area contributed by atoms with Gasteiger partial charge >= 0.3 is 5.97 Å². The van der Waals surface area contributed by atoms with Gasteiger partial charge in [-0.2, -0.15) is 0 Å². The summed E-state index contributed by atoms with van der Waals surface area (Å²) in [5.41, 5.74) is 0. The molecule has 1 rings (SSSR count). The van der Waals surface area contributed by atoms with Crippen LogP contribution < -0.4 is 0 Å². The van der Waals surface area contributed by atoms with E-state index in [1.807, 2.05) is 0 Å². The molecule has 1 fully saturated rings. The Morgan fingerprint density at radius 2 is 1.75 bits per heavy atom. The predicted molar refractivity (Wildman–Crippen MR) is 112 cm³/mol. The maximum atomic E-state index is 11.4. The summed E-state index contributed by atoms with van der Waals surface area (Å²) in [6.07, 6.45) is 22.7. The number of rotatable bonds is 17. The fourth-order valence-corrected chi connectivity index (χ4v) is 2.80. The fourth-order valence-electron chi connectivity index (χ4n) is 2.80. The van der Waals surface area contributed by atoms with Crippen molar-refractivity contribution < 1.29 is 24.5 Å². The summed E-state index contributed by atoms with van der Waals surface area (Å²) in [5.74, 6) is -0.337. The summed E-state index contributed by atoms with van der Waals surface area (Å²) in [5, 5.41) is 17.7. The van der Waals surface area contributed by atoms with E-state index in [2.05, 4.69) is 43.4 Å². The van der Waals surface area contributed by atoms with Crippen LogP contribution in [0.25, 0.3) is 0 Å². The van der Waals surface area contributed by atoms with Gasteiger partial charge in [0.1, 0.15) is 12.7 Å². The molecule has 5 heteroatoms. The molecule has 2 unspecified atom stereocenters. The molecule has 3 atom stereocenters. The van der Waals surface area contributed by atoms with Crippen molar-refractivity contribution in [2.45, 2.75) is 89.4 Å². The van der Waals surface area contributed by atoms with Crippen molar-refractivity contribution in [2.24, 2.45) is 0 Å². The van der Waals surface area contributed by atoms with Crippen molar-refractivity contribution in [1.29, 1.82) is 0 Å². The Hall–Kier alpha value is -1.43. The van der Waals surface area contributed by atoms with Crippen LogP contribution in [-0.2, 0) is 14.3 Å². The number of ether oxygens (including phenoxy) is 2. The highest BCUT2D eigenvalue weighted by atomic mass is 16.6. The molecule has 0 spiro atoms. The number of hydrogen-bond acceptors (Lipinski definition) is 5. The number of esters is 1. The van der Waals surface area contributed by atoms with Crippen molar-refractivity contribution in [3.63, 3.8) is 0 Å². The van der Waals surface area contributed by atoms with E-state index in [4.69, 9.17) is 19.7 Å². The van der Waals surface area contributed by atoms with Gasteiger partial charge < -0.3 is 19.7 Å². The van der Waals surface area contributed by atoms with Crippen molar-refractivity contribution in [3.8, 4) is 0 Å². The molecule has 0 aromatic rings. The van der Waals surface area contributed by atoms with Crippen LogP contribution in [-0.4, -0.2) is 47.7 Å². The second-order valence-corrected chi connectivity index (χ2v) is 7.24. The van der Waals surface area contributed by atoms with Crippen molar-refractivity contribution in [3.05, 3.63) is 36.5 Å². The smallest absolute Gasteiger partial charge is 0.305 e. The Kier molecular flexibility index (Phi) is 14.5. The minimum absolute atomic E-state index is 0.141. The van der Waals surface area contributed by atoms with Gasteiger partial charge in [-0.1, -0.05) is 62.6 Å². The van der Waals surface area contributed by atoms with E-state index in [0.717, 1.165) is 32.1 Å². The zero-order valence-corrected chi connectivity index (χ0v) is 17.3. The van der Waals surface area contributed by atoms with E-state index in [0.29, 0.717) is 18.6 Å². The molecule has 1 aliphatic heterocycles. The molecule has 0 aromatic carbocycles. The monoisotopic (exact) mass is 394 g/mol. The van der Waals surface area contributed by atoms with Crippen LogP contribution in [0.15, 0.2) is 36.5 Å². The number of hydrogen-bond donors (Lipinski definition) is 2. The van der Waals surface area contributed by atoms with Gasteiger partial charge in [-0.25, -0.2) is 0 Å². The van der Waals surface area contributed by atoms with Gasteiger partial charge in [-0.3, -0.25) is 4.79 Å². The molecule has 0 radical (unpaired) electrons. The van der Waals surface area contributed by atoms with Crippen LogP contribution in [0.3, 0.4) is 0 Å². The molecule has 0 bridgehead atoms. The van der Waals surface area contributed by atoms with Gasteiger partial charge in [0.25, 0.3) is 0 Å². The lowest BCUT2D eigenvalue weighted by atomic mass is 10.1. The fraction of sp³-hybridized carbons (Fsp3) is 0.696. The average molecular weight is 395 g/mol. The SMILES string of the molecule is CCCCCC1OC1C/C=C\C/C=C\C/C=C\CCCC(=O)OC[C@@H](O)CO. The van der Waals surface area contributed by atoms with E-state index in [9.17, 15) is 4.79 Å². The maximum absolute atomic E-state index is 11.4. The van der Waals surface area contributed by atoms with Crippen molar-refractivity contribution in [1.82, 2.24) is 0 Å². The van der Waals surface area contributed by atoms with Crippen LogP contribution in [0.5, 0.6) is 0 Å². The summed E-state index contributed by atoms with van der Waals surface area (Å²) in [6.45, 7) is 1.69. The molecule has 28 heavy (non-hydrogen) atoms. The molecular weight excluding hydrogens is 356 g/mol. The highest BCUT2D eigenvalue weighted by Gasteiger charge is 2.36. The minimum Gasteiger partial charge on any atom is -0.463 e. The predicted octanol–water partition coefficient (Wildman–Crippen LogP) is 4.24. The van der Waals surface area contributed by atoms with Gasteiger partial charge in [0, 0.05) is 6.42 Å². The number of unbranched alkanes of at least 4 members (excludes halogenated alkanes) is 3. The van der Waals surface area contributed by atoms with Crippen LogP contribution >= 0.6 is 0 Å². The van der Waals surface area contributed by atoms with Gasteiger partial charge in [0.2, 0.25) is 0 Å². The minimum atomic E-state index is -0.986. The lowest BCUT2D eigenvalue weighted by Crippen LogP contribution is -2.21. The first kappa shape index (κ1) is 24.6. The molecule has 0 aromatic heterocycles. The van der Waals surface area contributed by atoms with E-state index in [1.54, 1.807) is 0 Å². The molecule has 160 valence electrons. The van der Waals surface area contributed by atoms with E-state index in [-0.39, 0.29) is 12.6 Å². The summed E-state index contributed by atoms with van der Waals surface area (Å²) in [6, 6.07) is 0. The number of aliphatic hydroxyl groups excluding tert-OH is 2. The first-order chi connectivity index (χ1) is 13.7. The number of aliphatic hydroxyl groups is 2. The second kappa shape index (κ2) is 16.5. The van der Waals surface area contributed by atoms with Crippen molar-refractivity contribution >= 4 is 5.97 Å². The molecule has 0 saturated carbocycles. The van der Waals surface area contributed by atoms with Gasteiger partial charge in [0.05, 0.1) is 18.8 Å². The maximum Gasteiger partial charge on any atom is 0.305 e. The molecule has 2 N–H and O–H groups in total. The number of allylic oxidation sites excluding steroid dienone is 5. The highest BCUT2D eigenvalue weighted by molar-refractivity contribution is 5.69. The normalized spacial score (nSPS) is 20.4. The number of carbonyl (C=O) groups is 1. The quantitative estimate of drug-likeness (QED) is 0.167. The lowest BCUT2D eigenvalue weighted by molar-refractivity contribution is -0.147. The van der Waals surface area contributed by atoms with Crippen LogP contribution in [0.4, 0.5) is 0 Å². The third-order valence-corrected chi connectivity index (χ3v) is 4.59. The highest BCUT2D eigenvalue weighted by Crippen LogP contribution is 2.30. The van der Waals surface area contributed by atoms with E-state index in [1.165, 1.54) is 25.7 Å². The summed E-state index contributed by atoms with van der Waals surface area (Å²) in [7, 11) is 0. The lowest BCUT2D eigenvalue weighted by Gasteiger charge is -2.07. The molecule has 1 heterocycles.